The lowest BCUT2D eigenvalue weighted by atomic mass is 10.2. The Labute approximate surface area is 148 Å². The van der Waals surface area contributed by atoms with E-state index in [0.717, 1.165) is 0 Å². The van der Waals surface area contributed by atoms with Crippen LogP contribution < -0.4 is 15.4 Å². The molecule has 3 aromatic rings. The summed E-state index contributed by atoms with van der Waals surface area (Å²) in [6.07, 6.45) is -3.37. The summed E-state index contributed by atoms with van der Waals surface area (Å²) in [4.78, 5) is 22.4. The van der Waals surface area contributed by atoms with Gasteiger partial charge in [0.25, 0.3) is 0 Å². The summed E-state index contributed by atoms with van der Waals surface area (Å²) in [5.41, 5.74) is 0.652. The van der Waals surface area contributed by atoms with E-state index >= 15 is 0 Å². The zero-order valence-electron chi connectivity index (χ0n) is 12.9. The normalized spacial score (nSPS) is 16.9. The average Bonchev–Trinajstić information content (AvgIpc) is 3.01. The number of halogens is 3. The Bertz CT molecular complexity index is 966. The molecule has 0 aliphatic carbocycles. The third-order valence-corrected chi connectivity index (χ3v) is 4.53. The zero-order chi connectivity index (χ0) is 18.3. The van der Waals surface area contributed by atoms with E-state index in [-0.39, 0.29) is 28.3 Å². The number of aromatic nitrogens is 3. The van der Waals surface area contributed by atoms with Crippen LogP contribution in [0.4, 0.5) is 24.7 Å². The first-order valence-corrected chi connectivity index (χ1v) is 8.22. The molecule has 26 heavy (non-hydrogen) atoms. The third-order valence-electron chi connectivity index (χ3n) is 3.53. The van der Waals surface area contributed by atoms with Crippen molar-refractivity contribution in [3.8, 4) is 5.75 Å². The second kappa shape index (κ2) is 6.09. The number of amides is 1. The molecule has 1 saturated heterocycles. The predicted octanol–water partition coefficient (Wildman–Crippen LogP) is 3.07. The van der Waals surface area contributed by atoms with Crippen molar-refractivity contribution in [1.82, 2.24) is 20.3 Å². The minimum atomic E-state index is -4.53. The van der Waals surface area contributed by atoms with E-state index in [4.69, 9.17) is 4.74 Å². The van der Waals surface area contributed by atoms with Crippen molar-refractivity contribution in [3.05, 3.63) is 35.6 Å². The van der Waals surface area contributed by atoms with Gasteiger partial charge in [0.05, 0.1) is 6.42 Å². The Kier molecular flexibility index (Phi) is 3.87. The molecule has 0 bridgehead atoms. The summed E-state index contributed by atoms with van der Waals surface area (Å²) >= 11 is 0.466. The molecule has 0 saturated carbocycles. The van der Waals surface area contributed by atoms with Gasteiger partial charge in [-0.2, -0.15) is 13.2 Å². The first kappa shape index (κ1) is 16.5. The second-order valence-corrected chi connectivity index (χ2v) is 6.40. The molecule has 7 nitrogen and oxygen atoms in total. The van der Waals surface area contributed by atoms with Crippen molar-refractivity contribution < 1.29 is 22.7 Å². The van der Waals surface area contributed by atoms with Crippen LogP contribution in [-0.4, -0.2) is 27.1 Å². The number of β-lactam (4-membered cyclic amide) rings is 1. The Morgan fingerprint density at radius 2 is 1.96 bits per heavy atom. The maximum absolute atomic E-state index is 12.8. The summed E-state index contributed by atoms with van der Waals surface area (Å²) in [6, 6.07) is 6.71. The first-order chi connectivity index (χ1) is 12.4. The highest BCUT2D eigenvalue weighted by molar-refractivity contribution is 7.18. The number of alkyl halides is 3. The SMILES string of the molecule is O=C1CC(Oc2ccc(Nc3ncnc4sc(C(F)(F)F)nc34)cc2)N1. The van der Waals surface area contributed by atoms with E-state index in [1.807, 2.05) is 0 Å². The minimum absolute atomic E-state index is 0.0577. The van der Waals surface area contributed by atoms with Crippen LogP contribution in [0.5, 0.6) is 5.75 Å². The van der Waals surface area contributed by atoms with Gasteiger partial charge >= 0.3 is 6.18 Å². The Morgan fingerprint density at radius 3 is 2.62 bits per heavy atom. The van der Waals surface area contributed by atoms with Gasteiger partial charge in [-0.15, -0.1) is 0 Å². The number of benzene rings is 1. The van der Waals surface area contributed by atoms with Gasteiger partial charge in [-0.1, -0.05) is 11.3 Å². The van der Waals surface area contributed by atoms with Gasteiger partial charge in [0.2, 0.25) is 10.9 Å². The lowest BCUT2D eigenvalue weighted by molar-refractivity contribution is -0.137. The van der Waals surface area contributed by atoms with E-state index in [1.54, 1.807) is 24.3 Å². The molecule has 2 N–H and O–H groups in total. The van der Waals surface area contributed by atoms with Gasteiger partial charge in [0.1, 0.15) is 22.4 Å². The van der Waals surface area contributed by atoms with Crippen LogP contribution >= 0.6 is 11.3 Å². The number of carbonyl (C=O) groups excluding carboxylic acids is 1. The smallest absolute Gasteiger partial charge is 0.443 e. The molecule has 1 atom stereocenters. The highest BCUT2D eigenvalue weighted by atomic mass is 32.1. The summed E-state index contributed by atoms with van der Waals surface area (Å²) in [7, 11) is 0. The first-order valence-electron chi connectivity index (χ1n) is 7.40. The number of hydrogen-bond acceptors (Lipinski definition) is 7. The summed E-state index contributed by atoms with van der Waals surface area (Å²) in [6.45, 7) is 0. The monoisotopic (exact) mass is 381 g/mol. The molecular weight excluding hydrogens is 371 g/mol. The molecule has 1 unspecified atom stereocenters. The molecule has 0 radical (unpaired) electrons. The van der Waals surface area contributed by atoms with Gasteiger partial charge in [-0.05, 0) is 24.3 Å². The number of hydrogen-bond donors (Lipinski definition) is 2. The molecule has 0 spiro atoms. The quantitative estimate of drug-likeness (QED) is 0.676. The molecule has 1 aliphatic heterocycles. The molecule has 3 heterocycles. The van der Waals surface area contributed by atoms with Crippen molar-refractivity contribution in [2.75, 3.05) is 5.32 Å². The summed E-state index contributed by atoms with van der Waals surface area (Å²) in [5.74, 6) is 0.672. The molecule has 1 fully saturated rings. The highest BCUT2D eigenvalue weighted by Crippen LogP contribution is 2.36. The maximum atomic E-state index is 12.8. The minimum Gasteiger partial charge on any atom is -0.470 e. The van der Waals surface area contributed by atoms with Crippen LogP contribution in [0, 0.1) is 0 Å². The maximum Gasteiger partial charge on any atom is 0.443 e. The van der Waals surface area contributed by atoms with Crippen molar-refractivity contribution in [2.45, 2.75) is 18.8 Å². The lowest BCUT2D eigenvalue weighted by Gasteiger charge is -2.27. The topological polar surface area (TPSA) is 89.0 Å². The molecule has 1 aromatic carbocycles. The van der Waals surface area contributed by atoms with Crippen LogP contribution in [0.2, 0.25) is 0 Å². The average molecular weight is 381 g/mol. The Balaban J connectivity index is 1.53. The number of rotatable bonds is 4. The van der Waals surface area contributed by atoms with Crippen LogP contribution in [0.1, 0.15) is 11.4 Å². The Morgan fingerprint density at radius 1 is 1.23 bits per heavy atom. The van der Waals surface area contributed by atoms with Crippen LogP contribution in [-0.2, 0) is 11.0 Å². The number of ether oxygens (including phenoxy) is 1. The molecule has 134 valence electrons. The number of nitrogens with one attached hydrogen (secondary N) is 2. The fourth-order valence-corrected chi connectivity index (χ4v) is 3.06. The van der Waals surface area contributed by atoms with Crippen LogP contribution in [0.3, 0.4) is 0 Å². The highest BCUT2D eigenvalue weighted by Gasteiger charge is 2.35. The lowest BCUT2D eigenvalue weighted by Crippen LogP contribution is -2.51. The van der Waals surface area contributed by atoms with E-state index < -0.39 is 11.2 Å². The summed E-state index contributed by atoms with van der Waals surface area (Å²) in [5, 5.41) is 4.55. The van der Waals surface area contributed by atoms with Gasteiger partial charge in [0, 0.05) is 5.69 Å². The molecule has 2 aromatic heterocycles. The fourth-order valence-electron chi connectivity index (χ4n) is 2.28. The van der Waals surface area contributed by atoms with Crippen molar-refractivity contribution in [3.63, 3.8) is 0 Å². The molecule has 1 amide bonds. The van der Waals surface area contributed by atoms with Gasteiger partial charge in [0.15, 0.2) is 12.0 Å². The standard InChI is InChI=1S/C15H10F3N5O2S/c16-15(17,18)14-23-11-12(19-6-20-13(11)26-14)21-7-1-3-8(4-2-7)25-10-5-9(24)22-10/h1-4,6,10H,5H2,(H,22,24)(H,19,20,21). The van der Waals surface area contributed by atoms with E-state index in [2.05, 4.69) is 25.6 Å². The number of thiazole rings is 1. The molecule has 1 aliphatic rings. The molecule has 4 rings (SSSR count). The van der Waals surface area contributed by atoms with Crippen molar-refractivity contribution >= 4 is 39.1 Å². The number of fused-ring (bicyclic) bond motifs is 1. The predicted molar refractivity (Wildman–Crippen MR) is 87.1 cm³/mol. The van der Waals surface area contributed by atoms with Crippen LogP contribution in [0.25, 0.3) is 10.3 Å². The van der Waals surface area contributed by atoms with Crippen LogP contribution in [0.15, 0.2) is 30.6 Å². The number of nitrogens with zero attached hydrogens (tertiary/aromatic N) is 3. The van der Waals surface area contributed by atoms with E-state index in [0.29, 0.717) is 29.2 Å². The summed E-state index contributed by atoms with van der Waals surface area (Å²) < 4.78 is 44.0. The zero-order valence-corrected chi connectivity index (χ0v) is 13.7. The largest absolute Gasteiger partial charge is 0.470 e. The number of anilines is 2. The third kappa shape index (κ3) is 3.25. The van der Waals surface area contributed by atoms with Gasteiger partial charge in [-0.3, -0.25) is 4.79 Å². The van der Waals surface area contributed by atoms with E-state index in [9.17, 15) is 18.0 Å². The molecule has 11 heteroatoms. The Hall–Kier alpha value is -2.95. The number of carbonyl (C=O) groups is 1. The van der Waals surface area contributed by atoms with E-state index in [1.165, 1.54) is 6.33 Å². The fraction of sp³-hybridized carbons (Fsp3) is 0.200. The van der Waals surface area contributed by atoms with Crippen molar-refractivity contribution in [2.24, 2.45) is 0 Å². The van der Waals surface area contributed by atoms with Gasteiger partial charge < -0.3 is 15.4 Å². The molecular formula is C15H10F3N5O2S. The van der Waals surface area contributed by atoms with Gasteiger partial charge in [-0.25, -0.2) is 15.0 Å². The van der Waals surface area contributed by atoms with Crippen molar-refractivity contribution in [1.29, 1.82) is 0 Å². The second-order valence-electron chi connectivity index (χ2n) is 5.42.